The van der Waals surface area contributed by atoms with Gasteiger partial charge >= 0.3 is 0 Å². The molecule has 0 saturated carbocycles. The molecule has 1 aliphatic rings. The van der Waals surface area contributed by atoms with E-state index in [0.717, 1.165) is 24.5 Å². The van der Waals surface area contributed by atoms with Crippen molar-refractivity contribution >= 4 is 11.4 Å². The van der Waals surface area contributed by atoms with E-state index in [1.165, 1.54) is 16.8 Å². The van der Waals surface area contributed by atoms with Crippen molar-refractivity contribution in [2.45, 2.75) is 33.0 Å². The normalized spacial score (nSPS) is 13.7. The van der Waals surface area contributed by atoms with E-state index in [2.05, 4.69) is 23.1 Å². The van der Waals surface area contributed by atoms with Gasteiger partial charge in [-0.3, -0.25) is 0 Å². The van der Waals surface area contributed by atoms with Crippen LogP contribution in [0.5, 0.6) is 5.75 Å². The average Bonchev–Trinajstić information content (AvgIpc) is 2.84. The Hall–Kier alpha value is -2.16. The molecule has 3 nitrogen and oxygen atoms in total. The van der Waals surface area contributed by atoms with Gasteiger partial charge in [0.15, 0.2) is 0 Å². The zero-order valence-electron chi connectivity index (χ0n) is 12.0. The molecule has 2 N–H and O–H groups in total. The van der Waals surface area contributed by atoms with Crippen LogP contribution >= 0.6 is 0 Å². The third-order valence-electron chi connectivity index (χ3n) is 3.59. The van der Waals surface area contributed by atoms with Crippen LogP contribution < -0.4 is 15.4 Å². The Morgan fingerprint density at radius 1 is 1.05 bits per heavy atom. The highest BCUT2D eigenvalue weighted by Gasteiger charge is 2.20. The van der Waals surface area contributed by atoms with Crippen LogP contribution in [-0.4, -0.2) is 6.10 Å². The molecule has 1 heterocycles. The first kappa shape index (κ1) is 12.9. The van der Waals surface area contributed by atoms with Crippen LogP contribution in [0.15, 0.2) is 42.5 Å². The average molecular weight is 268 g/mol. The first-order valence-corrected chi connectivity index (χ1v) is 7.01. The van der Waals surface area contributed by atoms with Gasteiger partial charge in [0.1, 0.15) is 5.75 Å². The monoisotopic (exact) mass is 268 g/mol. The van der Waals surface area contributed by atoms with Gasteiger partial charge in [0, 0.05) is 24.5 Å². The Labute approximate surface area is 120 Å². The standard InChI is InChI=1S/C17H20N2O/c1-12(2)20-15-8-6-14(7-9-15)19-10-13-4-3-5-17(18)16(13)11-19/h3-9,12H,10-11,18H2,1-2H3. The molecule has 3 heteroatoms. The van der Waals surface area contributed by atoms with Crippen LogP contribution in [-0.2, 0) is 13.1 Å². The lowest BCUT2D eigenvalue weighted by molar-refractivity contribution is 0.242. The topological polar surface area (TPSA) is 38.5 Å². The minimum atomic E-state index is 0.205. The van der Waals surface area contributed by atoms with E-state index in [1.807, 2.05) is 38.1 Å². The summed E-state index contributed by atoms with van der Waals surface area (Å²) in [5.41, 5.74) is 10.7. The minimum Gasteiger partial charge on any atom is -0.491 e. The summed E-state index contributed by atoms with van der Waals surface area (Å²) < 4.78 is 5.67. The third kappa shape index (κ3) is 2.44. The minimum absolute atomic E-state index is 0.205. The molecule has 0 aliphatic carbocycles. The molecule has 0 unspecified atom stereocenters. The molecule has 0 radical (unpaired) electrons. The molecular formula is C17H20N2O. The highest BCUT2D eigenvalue weighted by atomic mass is 16.5. The lowest BCUT2D eigenvalue weighted by Gasteiger charge is -2.18. The number of nitrogens with two attached hydrogens (primary N) is 1. The van der Waals surface area contributed by atoms with Crippen molar-refractivity contribution in [2.24, 2.45) is 0 Å². The molecule has 2 aromatic carbocycles. The van der Waals surface area contributed by atoms with Crippen LogP contribution in [0.2, 0.25) is 0 Å². The smallest absolute Gasteiger partial charge is 0.119 e. The zero-order valence-corrected chi connectivity index (χ0v) is 12.0. The summed E-state index contributed by atoms with van der Waals surface area (Å²) >= 11 is 0. The summed E-state index contributed by atoms with van der Waals surface area (Å²) in [5.74, 6) is 0.917. The number of nitrogens with zero attached hydrogens (tertiary/aromatic N) is 1. The highest BCUT2D eigenvalue weighted by molar-refractivity contribution is 5.60. The van der Waals surface area contributed by atoms with Crippen molar-refractivity contribution in [1.82, 2.24) is 0 Å². The Kier molecular flexibility index (Phi) is 3.26. The predicted molar refractivity (Wildman–Crippen MR) is 82.9 cm³/mol. The van der Waals surface area contributed by atoms with Gasteiger partial charge in [0.25, 0.3) is 0 Å². The van der Waals surface area contributed by atoms with E-state index in [1.54, 1.807) is 0 Å². The van der Waals surface area contributed by atoms with Crippen molar-refractivity contribution in [3.63, 3.8) is 0 Å². The molecule has 0 saturated heterocycles. The van der Waals surface area contributed by atoms with Crippen LogP contribution in [0.1, 0.15) is 25.0 Å². The number of rotatable bonds is 3. The van der Waals surface area contributed by atoms with Gasteiger partial charge in [-0.1, -0.05) is 12.1 Å². The number of hydrogen-bond donors (Lipinski definition) is 1. The summed E-state index contributed by atoms with van der Waals surface area (Å²) in [7, 11) is 0. The SMILES string of the molecule is CC(C)Oc1ccc(N2Cc3cccc(N)c3C2)cc1. The molecule has 1 aliphatic heterocycles. The van der Waals surface area contributed by atoms with Gasteiger partial charge in [-0.15, -0.1) is 0 Å². The van der Waals surface area contributed by atoms with Crippen LogP contribution in [0, 0.1) is 0 Å². The molecule has 0 fully saturated rings. The van der Waals surface area contributed by atoms with Crippen molar-refractivity contribution in [3.8, 4) is 5.75 Å². The number of nitrogen functional groups attached to an aromatic ring is 1. The van der Waals surface area contributed by atoms with Gasteiger partial charge in [-0.2, -0.15) is 0 Å². The van der Waals surface area contributed by atoms with Crippen LogP contribution in [0.4, 0.5) is 11.4 Å². The van der Waals surface area contributed by atoms with Crippen molar-refractivity contribution in [2.75, 3.05) is 10.6 Å². The van der Waals surface area contributed by atoms with E-state index in [9.17, 15) is 0 Å². The number of fused-ring (bicyclic) bond motifs is 1. The largest absolute Gasteiger partial charge is 0.491 e. The van der Waals surface area contributed by atoms with E-state index in [4.69, 9.17) is 10.5 Å². The van der Waals surface area contributed by atoms with E-state index in [-0.39, 0.29) is 6.10 Å². The molecule has 3 rings (SSSR count). The molecule has 0 aromatic heterocycles. The van der Waals surface area contributed by atoms with E-state index < -0.39 is 0 Å². The summed E-state index contributed by atoms with van der Waals surface area (Å²) in [5, 5.41) is 0. The Morgan fingerprint density at radius 3 is 2.45 bits per heavy atom. The molecule has 0 amide bonds. The first-order chi connectivity index (χ1) is 9.63. The second kappa shape index (κ2) is 5.08. The Balaban J connectivity index is 1.77. The summed E-state index contributed by atoms with van der Waals surface area (Å²) in [6.07, 6.45) is 0.205. The molecule has 0 bridgehead atoms. The predicted octanol–water partition coefficient (Wildman–Crippen LogP) is 3.58. The Morgan fingerprint density at radius 2 is 1.80 bits per heavy atom. The summed E-state index contributed by atoms with van der Waals surface area (Å²) in [6.45, 7) is 5.87. The third-order valence-corrected chi connectivity index (χ3v) is 3.59. The highest BCUT2D eigenvalue weighted by Crippen LogP contribution is 2.32. The zero-order chi connectivity index (χ0) is 14.1. The van der Waals surface area contributed by atoms with Gasteiger partial charge in [-0.05, 0) is 55.3 Å². The Bertz CT molecular complexity index is 605. The molecule has 0 atom stereocenters. The second-order valence-electron chi connectivity index (χ2n) is 5.50. The fourth-order valence-electron chi connectivity index (χ4n) is 2.64. The maximum absolute atomic E-state index is 6.04. The van der Waals surface area contributed by atoms with Crippen LogP contribution in [0.3, 0.4) is 0 Å². The van der Waals surface area contributed by atoms with Crippen molar-refractivity contribution in [3.05, 3.63) is 53.6 Å². The molecule has 20 heavy (non-hydrogen) atoms. The van der Waals surface area contributed by atoms with Gasteiger partial charge < -0.3 is 15.4 Å². The molecular weight excluding hydrogens is 248 g/mol. The molecule has 104 valence electrons. The lowest BCUT2D eigenvalue weighted by Crippen LogP contribution is -2.14. The summed E-state index contributed by atoms with van der Waals surface area (Å²) in [4.78, 5) is 2.33. The quantitative estimate of drug-likeness (QED) is 0.865. The van der Waals surface area contributed by atoms with Crippen LogP contribution in [0.25, 0.3) is 0 Å². The summed E-state index contributed by atoms with van der Waals surface area (Å²) in [6, 6.07) is 14.4. The van der Waals surface area contributed by atoms with E-state index in [0.29, 0.717) is 0 Å². The molecule has 2 aromatic rings. The van der Waals surface area contributed by atoms with Gasteiger partial charge in [0.05, 0.1) is 6.10 Å². The van der Waals surface area contributed by atoms with Crippen molar-refractivity contribution < 1.29 is 4.74 Å². The number of benzene rings is 2. The van der Waals surface area contributed by atoms with Gasteiger partial charge in [0.2, 0.25) is 0 Å². The van der Waals surface area contributed by atoms with E-state index >= 15 is 0 Å². The number of hydrogen-bond acceptors (Lipinski definition) is 3. The lowest BCUT2D eigenvalue weighted by atomic mass is 10.1. The first-order valence-electron chi connectivity index (χ1n) is 7.01. The second-order valence-corrected chi connectivity index (χ2v) is 5.50. The van der Waals surface area contributed by atoms with Gasteiger partial charge in [-0.25, -0.2) is 0 Å². The maximum Gasteiger partial charge on any atom is 0.119 e. The maximum atomic E-state index is 6.04. The van der Waals surface area contributed by atoms with Crippen molar-refractivity contribution in [1.29, 1.82) is 0 Å². The number of ether oxygens (including phenoxy) is 1. The fourth-order valence-corrected chi connectivity index (χ4v) is 2.64. The number of anilines is 2. The fraction of sp³-hybridized carbons (Fsp3) is 0.294. The molecule has 0 spiro atoms.